The molecule has 220 valence electrons. The fraction of sp³-hybridized carbons (Fsp3) is 0.406. The lowest BCUT2D eigenvalue weighted by molar-refractivity contribution is 0.0718. The molecule has 0 spiro atoms. The van der Waals surface area contributed by atoms with Crippen molar-refractivity contribution >= 4 is 33.2 Å². The molecule has 2 atom stereocenters. The third-order valence-corrected chi connectivity index (χ3v) is 11.5. The van der Waals surface area contributed by atoms with E-state index in [0.717, 1.165) is 48.8 Å². The van der Waals surface area contributed by atoms with E-state index in [1.54, 1.807) is 21.3 Å². The molecule has 4 heterocycles. The van der Waals surface area contributed by atoms with Gasteiger partial charge in [-0.2, -0.15) is 4.31 Å². The van der Waals surface area contributed by atoms with E-state index in [4.69, 9.17) is 16.3 Å². The van der Waals surface area contributed by atoms with Crippen molar-refractivity contribution < 1.29 is 22.3 Å². The molecule has 0 aliphatic carbocycles. The zero-order valence-corrected chi connectivity index (χ0v) is 24.8. The van der Waals surface area contributed by atoms with Crippen LogP contribution < -0.4 is 9.64 Å². The Bertz CT molecular complexity index is 1610. The number of anilines is 1. The summed E-state index contributed by atoms with van der Waals surface area (Å²) in [5, 5.41) is 0.103. The SMILES string of the molecule is O=C(c1ccc(F)cc1Cl)N1CC2CCC(C1)N2c1cc(S(=O)(=O)N2CCC(c3ccccc3)CC2)cc2c1OCC2. The van der Waals surface area contributed by atoms with E-state index in [-0.39, 0.29) is 23.0 Å². The molecule has 0 aromatic heterocycles. The number of ether oxygens (including phenoxy) is 1. The van der Waals surface area contributed by atoms with Crippen LogP contribution in [0.1, 0.15) is 53.1 Å². The number of benzene rings is 3. The van der Waals surface area contributed by atoms with E-state index < -0.39 is 15.8 Å². The van der Waals surface area contributed by atoms with Gasteiger partial charge in [-0.1, -0.05) is 41.9 Å². The maximum absolute atomic E-state index is 14.0. The molecule has 7 rings (SSSR count). The van der Waals surface area contributed by atoms with Gasteiger partial charge in [-0.15, -0.1) is 0 Å². The smallest absolute Gasteiger partial charge is 0.255 e. The molecule has 7 nitrogen and oxygen atoms in total. The summed E-state index contributed by atoms with van der Waals surface area (Å²) in [5.41, 5.74) is 3.28. The van der Waals surface area contributed by atoms with Crippen LogP contribution >= 0.6 is 11.6 Å². The summed E-state index contributed by atoms with van der Waals surface area (Å²) >= 11 is 6.21. The van der Waals surface area contributed by atoms with E-state index in [0.29, 0.717) is 55.6 Å². The van der Waals surface area contributed by atoms with E-state index in [1.807, 2.05) is 18.2 Å². The number of fused-ring (bicyclic) bond motifs is 3. The first-order valence-electron chi connectivity index (χ1n) is 14.7. The quantitative estimate of drug-likeness (QED) is 0.383. The Morgan fingerprint density at radius 2 is 1.64 bits per heavy atom. The number of nitrogens with zero attached hydrogens (tertiary/aromatic N) is 3. The Hall–Kier alpha value is -3.14. The minimum Gasteiger partial charge on any atom is -0.491 e. The summed E-state index contributed by atoms with van der Waals surface area (Å²) in [5.74, 6) is 0.426. The number of carbonyl (C=O) groups is 1. The number of piperazine rings is 1. The lowest BCUT2D eigenvalue weighted by atomic mass is 9.90. The zero-order valence-electron chi connectivity index (χ0n) is 23.2. The van der Waals surface area contributed by atoms with Crippen LogP contribution in [0, 0.1) is 5.82 Å². The van der Waals surface area contributed by atoms with Crippen LogP contribution in [0.5, 0.6) is 5.75 Å². The van der Waals surface area contributed by atoms with Gasteiger partial charge in [0.1, 0.15) is 11.6 Å². The first-order valence-corrected chi connectivity index (χ1v) is 16.5. The predicted molar refractivity (Wildman–Crippen MR) is 159 cm³/mol. The molecule has 3 fully saturated rings. The van der Waals surface area contributed by atoms with Crippen LogP contribution in [0.25, 0.3) is 0 Å². The summed E-state index contributed by atoms with van der Waals surface area (Å²) in [6.07, 6.45) is 4.01. The van der Waals surface area contributed by atoms with Crippen LogP contribution in [0.2, 0.25) is 5.02 Å². The third kappa shape index (κ3) is 4.85. The van der Waals surface area contributed by atoms with Crippen molar-refractivity contribution in [2.75, 3.05) is 37.7 Å². The second-order valence-corrected chi connectivity index (χ2v) is 14.1. The van der Waals surface area contributed by atoms with Crippen LogP contribution in [-0.2, 0) is 16.4 Å². The number of likely N-dealkylation sites (tertiary alicyclic amines) is 1. The molecule has 4 aliphatic heterocycles. The normalized spacial score (nSPS) is 22.7. The largest absolute Gasteiger partial charge is 0.491 e. The van der Waals surface area contributed by atoms with Gasteiger partial charge in [0.2, 0.25) is 10.0 Å². The zero-order chi connectivity index (χ0) is 29.0. The van der Waals surface area contributed by atoms with Crippen molar-refractivity contribution in [1.29, 1.82) is 0 Å². The average molecular weight is 610 g/mol. The standard InChI is InChI=1S/C32H33ClFN3O4S/c33-29-17-24(34)6-9-28(29)32(38)35-19-25-7-8-26(20-35)37(25)30-18-27(16-23-12-15-41-31(23)30)42(39,40)36-13-10-22(11-14-36)21-4-2-1-3-5-21/h1-6,9,16-18,22,25-26H,7-8,10-15,19-20H2. The Balaban J connectivity index is 1.14. The number of halogens is 2. The predicted octanol–water partition coefficient (Wildman–Crippen LogP) is 5.48. The molecule has 3 saturated heterocycles. The number of piperidine rings is 1. The number of carbonyl (C=O) groups excluding carboxylic acids is 1. The lowest BCUT2D eigenvalue weighted by Crippen LogP contribution is -2.55. The molecule has 2 bridgehead atoms. The van der Waals surface area contributed by atoms with Gasteiger partial charge in [0, 0.05) is 50.2 Å². The van der Waals surface area contributed by atoms with Gasteiger partial charge in [-0.05, 0) is 67.5 Å². The fourth-order valence-corrected chi connectivity index (χ4v) is 8.99. The van der Waals surface area contributed by atoms with Crippen molar-refractivity contribution in [3.63, 3.8) is 0 Å². The van der Waals surface area contributed by atoms with Crippen LogP contribution in [0.3, 0.4) is 0 Å². The van der Waals surface area contributed by atoms with Gasteiger partial charge in [0.15, 0.2) is 0 Å². The number of hydrogen-bond donors (Lipinski definition) is 0. The minimum atomic E-state index is -3.69. The summed E-state index contributed by atoms with van der Waals surface area (Å²) in [4.78, 5) is 17.7. The van der Waals surface area contributed by atoms with Crippen molar-refractivity contribution in [2.45, 2.75) is 55.0 Å². The maximum atomic E-state index is 14.0. The Morgan fingerprint density at radius 1 is 0.929 bits per heavy atom. The second kappa shape index (κ2) is 10.8. The van der Waals surface area contributed by atoms with E-state index in [1.165, 1.54) is 17.7 Å². The lowest BCUT2D eigenvalue weighted by Gasteiger charge is -2.43. The molecular weight excluding hydrogens is 577 g/mol. The maximum Gasteiger partial charge on any atom is 0.255 e. The monoisotopic (exact) mass is 609 g/mol. The van der Waals surface area contributed by atoms with E-state index in [9.17, 15) is 17.6 Å². The van der Waals surface area contributed by atoms with Crippen molar-refractivity contribution in [2.24, 2.45) is 0 Å². The first-order chi connectivity index (χ1) is 20.3. The number of sulfonamides is 1. The Kier molecular flexibility index (Phi) is 7.15. The van der Waals surface area contributed by atoms with Gasteiger partial charge in [0.25, 0.3) is 5.91 Å². The van der Waals surface area contributed by atoms with E-state index >= 15 is 0 Å². The topological polar surface area (TPSA) is 70.2 Å². The average Bonchev–Trinajstić information content (AvgIpc) is 3.58. The fourth-order valence-electron chi connectivity index (χ4n) is 7.20. The molecule has 0 N–H and O–H groups in total. The Morgan fingerprint density at radius 3 is 2.33 bits per heavy atom. The van der Waals surface area contributed by atoms with Crippen molar-refractivity contribution in [3.05, 3.63) is 88.2 Å². The number of amides is 1. The highest BCUT2D eigenvalue weighted by Crippen LogP contribution is 2.45. The van der Waals surface area contributed by atoms with Gasteiger partial charge >= 0.3 is 0 Å². The van der Waals surface area contributed by atoms with E-state index in [2.05, 4.69) is 17.0 Å². The third-order valence-electron chi connectivity index (χ3n) is 9.31. The summed E-state index contributed by atoms with van der Waals surface area (Å²) in [6.45, 7) is 2.44. The van der Waals surface area contributed by atoms with Gasteiger partial charge in [-0.25, -0.2) is 12.8 Å². The summed E-state index contributed by atoms with van der Waals surface area (Å²) in [6, 6.07) is 17.8. The van der Waals surface area contributed by atoms with Crippen molar-refractivity contribution in [1.82, 2.24) is 9.21 Å². The molecule has 4 aliphatic rings. The molecule has 0 radical (unpaired) electrons. The van der Waals surface area contributed by atoms with Crippen LogP contribution in [-0.4, -0.2) is 68.4 Å². The highest BCUT2D eigenvalue weighted by Gasteiger charge is 2.44. The number of hydrogen-bond acceptors (Lipinski definition) is 5. The molecule has 1 amide bonds. The highest BCUT2D eigenvalue weighted by atomic mass is 35.5. The molecule has 3 aromatic carbocycles. The van der Waals surface area contributed by atoms with Crippen LogP contribution in [0.15, 0.2) is 65.6 Å². The molecule has 10 heteroatoms. The number of rotatable bonds is 5. The molecule has 2 unspecified atom stereocenters. The highest BCUT2D eigenvalue weighted by molar-refractivity contribution is 7.89. The molecule has 3 aromatic rings. The molecule has 0 saturated carbocycles. The van der Waals surface area contributed by atoms with Gasteiger partial charge in [-0.3, -0.25) is 4.79 Å². The second-order valence-electron chi connectivity index (χ2n) is 11.7. The molecule has 42 heavy (non-hydrogen) atoms. The first kappa shape index (κ1) is 27.7. The Labute approximate surface area is 250 Å². The van der Waals surface area contributed by atoms with Crippen molar-refractivity contribution in [3.8, 4) is 5.75 Å². The summed E-state index contributed by atoms with van der Waals surface area (Å²) < 4.78 is 49.2. The summed E-state index contributed by atoms with van der Waals surface area (Å²) in [7, 11) is -3.69. The van der Waals surface area contributed by atoms with Gasteiger partial charge in [0.05, 0.1) is 27.8 Å². The molecular formula is C32H33ClFN3O4S. The van der Waals surface area contributed by atoms with Gasteiger partial charge < -0.3 is 14.5 Å². The van der Waals surface area contributed by atoms with Crippen LogP contribution in [0.4, 0.5) is 10.1 Å². The minimum absolute atomic E-state index is 0.0137.